The van der Waals surface area contributed by atoms with Gasteiger partial charge in [0.25, 0.3) is 0 Å². The van der Waals surface area contributed by atoms with E-state index in [9.17, 15) is 22.0 Å². The second-order valence-electron chi connectivity index (χ2n) is 3.28. The zero-order valence-corrected chi connectivity index (χ0v) is 9.51. The first-order valence-corrected chi connectivity index (χ1v) is 6.19. The SMILES string of the molecule is CS(=O)(=O)Nc1c(F)cc([CH]C(N)=O)cc1F. The van der Waals surface area contributed by atoms with Gasteiger partial charge in [0, 0.05) is 0 Å². The molecule has 5 nitrogen and oxygen atoms in total. The predicted molar refractivity (Wildman–Crippen MR) is 57.4 cm³/mol. The maximum atomic E-state index is 13.4. The van der Waals surface area contributed by atoms with Crippen LogP contribution in [-0.4, -0.2) is 20.6 Å². The van der Waals surface area contributed by atoms with Crippen molar-refractivity contribution in [1.29, 1.82) is 0 Å². The molecule has 8 heteroatoms. The van der Waals surface area contributed by atoms with E-state index >= 15 is 0 Å². The van der Waals surface area contributed by atoms with Gasteiger partial charge in [-0.05, 0) is 17.7 Å². The Bertz CT molecular complexity index is 534. The molecule has 1 aromatic carbocycles. The van der Waals surface area contributed by atoms with Gasteiger partial charge < -0.3 is 5.73 Å². The molecule has 0 unspecified atom stereocenters. The molecule has 1 amide bonds. The zero-order valence-electron chi connectivity index (χ0n) is 8.70. The van der Waals surface area contributed by atoms with E-state index in [2.05, 4.69) is 0 Å². The third-order valence-corrected chi connectivity index (χ3v) is 2.24. The smallest absolute Gasteiger partial charge is 0.230 e. The lowest BCUT2D eigenvalue weighted by molar-refractivity contribution is -0.114. The molecule has 0 bridgehead atoms. The second-order valence-corrected chi connectivity index (χ2v) is 5.03. The fraction of sp³-hybridized carbons (Fsp3) is 0.111. The summed E-state index contributed by atoms with van der Waals surface area (Å²) in [5.41, 5.74) is 3.93. The molecular weight excluding hydrogens is 254 g/mol. The molecule has 0 atom stereocenters. The van der Waals surface area contributed by atoms with Crippen LogP contribution in [0.3, 0.4) is 0 Å². The lowest BCUT2D eigenvalue weighted by atomic mass is 10.1. The Kier molecular flexibility index (Phi) is 3.66. The van der Waals surface area contributed by atoms with E-state index in [0.29, 0.717) is 0 Å². The third kappa shape index (κ3) is 3.99. The normalized spacial score (nSPS) is 11.2. The average molecular weight is 263 g/mol. The number of benzene rings is 1. The first-order chi connectivity index (χ1) is 7.69. The number of hydrogen-bond donors (Lipinski definition) is 2. The summed E-state index contributed by atoms with van der Waals surface area (Å²) in [7, 11) is -3.79. The fourth-order valence-electron chi connectivity index (χ4n) is 1.12. The number of halogens is 2. The Balaban J connectivity index is 3.15. The number of anilines is 1. The summed E-state index contributed by atoms with van der Waals surface area (Å²) in [6.45, 7) is 0. The third-order valence-electron chi connectivity index (χ3n) is 1.66. The Morgan fingerprint density at radius 1 is 1.35 bits per heavy atom. The Morgan fingerprint density at radius 2 is 1.82 bits per heavy atom. The van der Waals surface area contributed by atoms with Crippen LogP contribution < -0.4 is 10.5 Å². The van der Waals surface area contributed by atoms with Gasteiger partial charge in [-0.25, -0.2) is 17.2 Å². The van der Waals surface area contributed by atoms with E-state index in [-0.39, 0.29) is 5.56 Å². The van der Waals surface area contributed by atoms with Crippen LogP contribution >= 0.6 is 0 Å². The van der Waals surface area contributed by atoms with Crippen molar-refractivity contribution in [3.63, 3.8) is 0 Å². The minimum Gasteiger partial charge on any atom is -0.369 e. The van der Waals surface area contributed by atoms with Gasteiger partial charge in [-0.2, -0.15) is 0 Å². The largest absolute Gasteiger partial charge is 0.369 e. The van der Waals surface area contributed by atoms with Gasteiger partial charge in [-0.15, -0.1) is 0 Å². The molecule has 0 aliphatic carbocycles. The molecule has 0 saturated carbocycles. The molecule has 0 spiro atoms. The van der Waals surface area contributed by atoms with E-state index in [1.54, 1.807) is 4.72 Å². The molecule has 93 valence electrons. The Hall–Kier alpha value is -1.70. The molecule has 0 aliphatic heterocycles. The van der Waals surface area contributed by atoms with Crippen molar-refractivity contribution in [2.45, 2.75) is 0 Å². The number of amides is 1. The number of nitrogens with two attached hydrogens (primary N) is 1. The zero-order chi connectivity index (χ0) is 13.2. The maximum Gasteiger partial charge on any atom is 0.230 e. The summed E-state index contributed by atoms with van der Waals surface area (Å²) in [6, 6.07) is 1.59. The molecular formula is C9H9F2N2O3S. The van der Waals surface area contributed by atoms with Gasteiger partial charge in [0.05, 0.1) is 12.7 Å². The van der Waals surface area contributed by atoms with Crippen LogP contribution in [0.5, 0.6) is 0 Å². The molecule has 0 heterocycles. The van der Waals surface area contributed by atoms with Crippen LogP contribution in [0.25, 0.3) is 0 Å². The highest BCUT2D eigenvalue weighted by atomic mass is 32.2. The van der Waals surface area contributed by atoms with Crippen molar-refractivity contribution in [2.75, 3.05) is 11.0 Å². The van der Waals surface area contributed by atoms with Crippen molar-refractivity contribution in [3.05, 3.63) is 35.8 Å². The van der Waals surface area contributed by atoms with Crippen molar-refractivity contribution in [2.24, 2.45) is 5.73 Å². The first kappa shape index (κ1) is 13.4. The molecule has 0 fully saturated rings. The number of carbonyl (C=O) groups is 1. The van der Waals surface area contributed by atoms with Crippen LogP contribution in [-0.2, 0) is 14.8 Å². The minimum atomic E-state index is -3.79. The Labute approximate surface area is 96.7 Å². The van der Waals surface area contributed by atoms with Crippen LogP contribution in [0.4, 0.5) is 14.5 Å². The molecule has 1 aromatic rings. The summed E-state index contributed by atoms with van der Waals surface area (Å²) in [6.07, 6.45) is 1.58. The van der Waals surface area contributed by atoms with Gasteiger partial charge in [-0.3, -0.25) is 9.52 Å². The topological polar surface area (TPSA) is 89.3 Å². The summed E-state index contributed by atoms with van der Waals surface area (Å²) in [4.78, 5) is 10.5. The summed E-state index contributed by atoms with van der Waals surface area (Å²) in [5.74, 6) is -3.14. The van der Waals surface area contributed by atoms with E-state index in [1.165, 1.54) is 0 Å². The molecule has 3 N–H and O–H groups in total. The quantitative estimate of drug-likeness (QED) is 0.822. The van der Waals surface area contributed by atoms with Gasteiger partial charge in [0.1, 0.15) is 5.69 Å². The van der Waals surface area contributed by atoms with Crippen LogP contribution in [0.15, 0.2) is 12.1 Å². The highest BCUT2D eigenvalue weighted by Gasteiger charge is 2.15. The molecule has 1 radical (unpaired) electrons. The van der Waals surface area contributed by atoms with Crippen molar-refractivity contribution in [3.8, 4) is 0 Å². The van der Waals surface area contributed by atoms with E-state index in [0.717, 1.165) is 24.8 Å². The number of rotatable bonds is 4. The van der Waals surface area contributed by atoms with Gasteiger partial charge in [-0.1, -0.05) is 0 Å². The van der Waals surface area contributed by atoms with Crippen molar-refractivity contribution >= 4 is 21.6 Å². The predicted octanol–water partition coefficient (Wildman–Crippen LogP) is 0.374. The number of sulfonamides is 1. The standard InChI is InChI=1S/C9H9F2N2O3S/c1-17(15,16)13-9-6(10)2-5(3-7(9)11)4-8(12)14/h2-4,13H,1H3,(H2,12,14). The fourth-order valence-corrected chi connectivity index (χ4v) is 1.69. The number of carbonyl (C=O) groups excluding carboxylic acids is 1. The second kappa shape index (κ2) is 4.66. The monoisotopic (exact) mass is 263 g/mol. The maximum absolute atomic E-state index is 13.4. The van der Waals surface area contributed by atoms with Gasteiger partial charge in [0.15, 0.2) is 11.6 Å². The van der Waals surface area contributed by atoms with Crippen molar-refractivity contribution in [1.82, 2.24) is 0 Å². The molecule has 17 heavy (non-hydrogen) atoms. The number of primary amides is 1. The van der Waals surface area contributed by atoms with Crippen LogP contribution in [0, 0.1) is 18.1 Å². The van der Waals surface area contributed by atoms with E-state index in [4.69, 9.17) is 5.73 Å². The first-order valence-electron chi connectivity index (χ1n) is 4.30. The highest BCUT2D eigenvalue weighted by molar-refractivity contribution is 7.92. The summed E-state index contributed by atoms with van der Waals surface area (Å²) >= 11 is 0. The molecule has 1 rings (SSSR count). The van der Waals surface area contributed by atoms with Crippen molar-refractivity contribution < 1.29 is 22.0 Å². The van der Waals surface area contributed by atoms with Gasteiger partial charge in [0.2, 0.25) is 15.9 Å². The van der Waals surface area contributed by atoms with Crippen LogP contribution in [0.1, 0.15) is 5.56 Å². The van der Waals surface area contributed by atoms with E-state index < -0.39 is 33.3 Å². The number of hydrogen-bond acceptors (Lipinski definition) is 3. The number of nitrogens with one attached hydrogen (secondary N) is 1. The molecule has 0 aromatic heterocycles. The Morgan fingerprint density at radius 3 is 2.18 bits per heavy atom. The highest BCUT2D eigenvalue weighted by Crippen LogP contribution is 2.22. The lowest BCUT2D eigenvalue weighted by Crippen LogP contribution is -2.14. The van der Waals surface area contributed by atoms with Gasteiger partial charge >= 0.3 is 0 Å². The average Bonchev–Trinajstić information content (AvgIpc) is 2.08. The van der Waals surface area contributed by atoms with Crippen LogP contribution in [0.2, 0.25) is 0 Å². The minimum absolute atomic E-state index is 0.0912. The molecule has 0 saturated heterocycles. The van der Waals surface area contributed by atoms with E-state index in [1.807, 2.05) is 0 Å². The summed E-state index contributed by atoms with van der Waals surface area (Å²) in [5, 5.41) is 0. The molecule has 0 aliphatic rings. The lowest BCUT2D eigenvalue weighted by Gasteiger charge is -2.08. The summed E-state index contributed by atoms with van der Waals surface area (Å²) < 4.78 is 50.1.